The lowest BCUT2D eigenvalue weighted by Gasteiger charge is -2.10. The van der Waals surface area contributed by atoms with Gasteiger partial charge < -0.3 is 11.1 Å². The van der Waals surface area contributed by atoms with Gasteiger partial charge in [0.2, 0.25) is 5.91 Å². The molecule has 1 aliphatic heterocycles. The van der Waals surface area contributed by atoms with Crippen LogP contribution in [0.2, 0.25) is 0 Å². The number of nitrogens with zero attached hydrogens (tertiary/aromatic N) is 2. The molecule has 108 valence electrons. The van der Waals surface area contributed by atoms with E-state index in [4.69, 9.17) is 5.73 Å². The largest absolute Gasteiger partial charge is 0.395 e. The molecule has 0 saturated carbocycles. The topological polar surface area (TPSA) is 121 Å². The summed E-state index contributed by atoms with van der Waals surface area (Å²) < 4.78 is 0. The predicted molar refractivity (Wildman–Crippen MR) is 70.7 cm³/mol. The van der Waals surface area contributed by atoms with Crippen molar-refractivity contribution in [2.24, 2.45) is 0 Å². The molecule has 1 fully saturated rings. The molecule has 2 heterocycles. The van der Waals surface area contributed by atoms with Gasteiger partial charge in [-0.05, 0) is 5.92 Å². The Morgan fingerprint density at radius 2 is 2.15 bits per heavy atom. The van der Waals surface area contributed by atoms with Gasteiger partial charge in [-0.1, -0.05) is 13.8 Å². The highest BCUT2D eigenvalue weighted by Gasteiger charge is 2.37. The Morgan fingerprint density at radius 3 is 2.60 bits per heavy atom. The van der Waals surface area contributed by atoms with Crippen LogP contribution in [-0.2, 0) is 9.59 Å². The van der Waals surface area contributed by atoms with Gasteiger partial charge in [-0.3, -0.25) is 24.4 Å². The number of nitrogen functional groups attached to an aromatic ring is 1. The maximum Gasteiger partial charge on any atom is 0.274 e. The van der Waals surface area contributed by atoms with Crippen LogP contribution in [0.25, 0.3) is 0 Å². The maximum atomic E-state index is 12.1. The number of H-pyrrole nitrogens is 1. The van der Waals surface area contributed by atoms with Crippen LogP contribution in [0.4, 0.5) is 5.69 Å². The van der Waals surface area contributed by atoms with Crippen molar-refractivity contribution in [3.63, 3.8) is 0 Å². The van der Waals surface area contributed by atoms with E-state index in [9.17, 15) is 14.4 Å². The molecule has 3 amide bonds. The summed E-state index contributed by atoms with van der Waals surface area (Å²) in [6.45, 7) is 3.83. The van der Waals surface area contributed by atoms with Gasteiger partial charge in [-0.2, -0.15) is 5.10 Å². The van der Waals surface area contributed by atoms with Crippen LogP contribution in [0.1, 0.15) is 42.4 Å². The summed E-state index contributed by atoms with van der Waals surface area (Å²) in [7, 11) is 1.39. The average molecular weight is 279 g/mol. The lowest BCUT2D eigenvalue weighted by atomic mass is 10.1. The number of nitrogens with one attached hydrogen (secondary N) is 2. The number of carbonyl (C=O) groups is 3. The number of imide groups is 1. The van der Waals surface area contributed by atoms with Crippen LogP contribution in [0.15, 0.2) is 0 Å². The maximum absolute atomic E-state index is 12.1. The molecule has 1 aromatic heterocycles. The van der Waals surface area contributed by atoms with Gasteiger partial charge in [-0.15, -0.1) is 0 Å². The van der Waals surface area contributed by atoms with E-state index in [1.54, 1.807) is 0 Å². The number of aromatic amines is 1. The van der Waals surface area contributed by atoms with Crippen molar-refractivity contribution >= 4 is 23.4 Å². The second-order valence-electron chi connectivity index (χ2n) is 5.08. The Balaban J connectivity index is 2.14. The van der Waals surface area contributed by atoms with Crippen molar-refractivity contribution in [2.75, 3.05) is 12.8 Å². The third kappa shape index (κ3) is 2.24. The molecule has 1 unspecified atom stereocenters. The van der Waals surface area contributed by atoms with Crippen molar-refractivity contribution in [3.8, 4) is 0 Å². The summed E-state index contributed by atoms with van der Waals surface area (Å²) in [5.74, 6) is -1.21. The van der Waals surface area contributed by atoms with E-state index in [-0.39, 0.29) is 29.6 Å². The summed E-state index contributed by atoms with van der Waals surface area (Å²) in [4.78, 5) is 36.2. The smallest absolute Gasteiger partial charge is 0.274 e. The number of carbonyl (C=O) groups excluding carboxylic acids is 3. The number of anilines is 1. The van der Waals surface area contributed by atoms with E-state index in [0.29, 0.717) is 5.69 Å². The van der Waals surface area contributed by atoms with E-state index < -0.39 is 17.9 Å². The molecule has 4 N–H and O–H groups in total. The Labute approximate surface area is 115 Å². The van der Waals surface area contributed by atoms with Crippen molar-refractivity contribution < 1.29 is 14.4 Å². The van der Waals surface area contributed by atoms with Crippen LogP contribution in [0.5, 0.6) is 0 Å². The molecule has 1 aromatic rings. The van der Waals surface area contributed by atoms with Crippen molar-refractivity contribution in [1.29, 1.82) is 0 Å². The first-order valence-electron chi connectivity index (χ1n) is 6.28. The molecule has 8 nitrogen and oxygen atoms in total. The van der Waals surface area contributed by atoms with E-state index in [1.807, 2.05) is 13.8 Å². The zero-order valence-electron chi connectivity index (χ0n) is 11.6. The molecule has 0 bridgehead atoms. The number of hydrogen-bond acceptors (Lipinski definition) is 5. The number of amides is 3. The van der Waals surface area contributed by atoms with Gasteiger partial charge in [0.15, 0.2) is 5.69 Å². The van der Waals surface area contributed by atoms with E-state index in [0.717, 1.165) is 4.90 Å². The molecular weight excluding hydrogens is 262 g/mol. The fraction of sp³-hybridized carbons (Fsp3) is 0.500. The van der Waals surface area contributed by atoms with E-state index in [1.165, 1.54) is 7.05 Å². The summed E-state index contributed by atoms with van der Waals surface area (Å²) in [5.41, 5.74) is 6.83. The molecule has 0 aromatic carbocycles. The minimum absolute atomic E-state index is 0.0392. The Kier molecular flexibility index (Phi) is 3.47. The average Bonchev–Trinajstić information content (AvgIpc) is 2.86. The van der Waals surface area contributed by atoms with Crippen LogP contribution in [0, 0.1) is 0 Å². The number of aromatic nitrogens is 2. The first kappa shape index (κ1) is 14.0. The standard InChI is InChI=1S/C12H17N5O3/c1-5(2)9-8(13)10(16-15-9)11(19)14-6-4-7(18)17(3)12(6)20/h5-6H,4,13H2,1-3H3,(H,14,19)(H,15,16). The molecule has 1 saturated heterocycles. The van der Waals surface area contributed by atoms with Crippen LogP contribution >= 0.6 is 0 Å². The number of likely N-dealkylation sites (tertiary alicyclic amines) is 1. The zero-order chi connectivity index (χ0) is 15.0. The number of rotatable bonds is 3. The van der Waals surface area contributed by atoms with Crippen molar-refractivity contribution in [1.82, 2.24) is 20.4 Å². The first-order valence-corrected chi connectivity index (χ1v) is 6.28. The Bertz CT molecular complexity index is 578. The highest BCUT2D eigenvalue weighted by Crippen LogP contribution is 2.22. The van der Waals surface area contributed by atoms with Crippen molar-refractivity contribution in [3.05, 3.63) is 11.4 Å². The minimum atomic E-state index is -0.849. The van der Waals surface area contributed by atoms with E-state index in [2.05, 4.69) is 15.5 Å². The first-order chi connectivity index (χ1) is 9.32. The molecule has 0 radical (unpaired) electrons. The summed E-state index contributed by atoms with van der Waals surface area (Å²) >= 11 is 0. The lowest BCUT2D eigenvalue weighted by Crippen LogP contribution is -2.41. The SMILES string of the molecule is CC(C)c1[nH]nc(C(=O)NC2CC(=O)N(C)C2=O)c1N. The van der Waals surface area contributed by atoms with Gasteiger partial charge in [0.25, 0.3) is 11.8 Å². The summed E-state index contributed by atoms with van der Waals surface area (Å²) in [5, 5.41) is 9.07. The molecule has 20 heavy (non-hydrogen) atoms. The minimum Gasteiger partial charge on any atom is -0.395 e. The summed E-state index contributed by atoms with van der Waals surface area (Å²) in [6, 6.07) is -0.849. The molecule has 1 aliphatic rings. The van der Waals surface area contributed by atoms with E-state index >= 15 is 0 Å². The second-order valence-corrected chi connectivity index (χ2v) is 5.08. The second kappa shape index (κ2) is 4.95. The van der Waals surface area contributed by atoms with Gasteiger partial charge in [0.05, 0.1) is 17.8 Å². The fourth-order valence-corrected chi connectivity index (χ4v) is 2.07. The number of nitrogens with two attached hydrogens (primary N) is 1. The normalized spacial score (nSPS) is 19.0. The highest BCUT2D eigenvalue weighted by molar-refractivity contribution is 6.08. The Morgan fingerprint density at radius 1 is 1.50 bits per heavy atom. The lowest BCUT2D eigenvalue weighted by molar-refractivity contribution is -0.137. The Hall–Kier alpha value is -2.38. The zero-order valence-corrected chi connectivity index (χ0v) is 11.6. The molecule has 1 atom stereocenters. The fourth-order valence-electron chi connectivity index (χ4n) is 2.07. The monoisotopic (exact) mass is 279 g/mol. The van der Waals surface area contributed by atoms with Crippen LogP contribution in [0.3, 0.4) is 0 Å². The number of hydrogen-bond donors (Lipinski definition) is 3. The van der Waals surface area contributed by atoms with Gasteiger partial charge in [0.1, 0.15) is 6.04 Å². The molecule has 2 rings (SSSR count). The third-order valence-corrected chi connectivity index (χ3v) is 3.31. The molecule has 0 spiro atoms. The van der Waals surface area contributed by atoms with Crippen LogP contribution < -0.4 is 11.1 Å². The number of likely N-dealkylation sites (N-methyl/N-ethyl adjacent to an activating group) is 1. The van der Waals surface area contributed by atoms with Crippen molar-refractivity contribution in [2.45, 2.75) is 32.2 Å². The van der Waals surface area contributed by atoms with Gasteiger partial charge in [0, 0.05) is 7.05 Å². The molecule has 8 heteroatoms. The highest BCUT2D eigenvalue weighted by atomic mass is 16.2. The summed E-state index contributed by atoms with van der Waals surface area (Å²) in [6.07, 6.45) is -0.0392. The molecular formula is C12H17N5O3. The molecule has 0 aliphatic carbocycles. The third-order valence-electron chi connectivity index (χ3n) is 3.31. The van der Waals surface area contributed by atoms with Gasteiger partial charge >= 0.3 is 0 Å². The van der Waals surface area contributed by atoms with Gasteiger partial charge in [-0.25, -0.2) is 0 Å². The predicted octanol–water partition coefficient (Wildman–Crippen LogP) is -0.398. The quantitative estimate of drug-likeness (QED) is 0.650. The van der Waals surface area contributed by atoms with Crippen LogP contribution in [-0.4, -0.2) is 45.9 Å².